The van der Waals surface area contributed by atoms with E-state index >= 15 is 0 Å². The number of alkyl halides is 6. The van der Waals surface area contributed by atoms with E-state index in [1.54, 1.807) is 32.2 Å². The topological polar surface area (TPSA) is 50.7 Å². The number of amides is 1. The number of aryl methyl sites for hydroxylation is 1. The molecule has 0 atom stereocenters. The highest BCUT2D eigenvalue weighted by molar-refractivity contribution is 8.18. The summed E-state index contributed by atoms with van der Waals surface area (Å²) in [4.78, 5) is 15.9. The summed E-state index contributed by atoms with van der Waals surface area (Å²) < 4.78 is 83.8. The van der Waals surface area contributed by atoms with Gasteiger partial charge in [0.25, 0.3) is 0 Å². The maximum atomic E-state index is 13.3. The van der Waals surface area contributed by atoms with Gasteiger partial charge in [0.1, 0.15) is 18.2 Å². The number of hydrogen-bond acceptors (Lipinski definition) is 4. The first-order valence-corrected chi connectivity index (χ1v) is 9.91. The van der Waals surface area contributed by atoms with Gasteiger partial charge in [0, 0.05) is 12.6 Å². The normalized spacial score (nSPS) is 15.8. The minimum atomic E-state index is -4.96. The molecule has 1 aliphatic rings. The smallest absolute Gasteiger partial charge is 0.416 e. The van der Waals surface area contributed by atoms with E-state index < -0.39 is 35.6 Å². The summed E-state index contributed by atoms with van der Waals surface area (Å²) in [7, 11) is 1.63. The lowest BCUT2D eigenvalue weighted by Crippen LogP contribution is -2.16. The number of ether oxygens (including phenoxy) is 1. The van der Waals surface area contributed by atoms with Gasteiger partial charge in [-0.3, -0.25) is 4.79 Å². The Labute approximate surface area is 183 Å². The maximum absolute atomic E-state index is 13.3. The fraction of sp³-hybridized carbons (Fsp3) is 0.238. The van der Waals surface area contributed by atoms with Crippen molar-refractivity contribution in [3.8, 4) is 5.75 Å². The standard InChI is InChI=1S/C21H16F6N2O2S/c1-11-7-12(8-17-18(28-2)29-19(30)32-17)3-6-16(11)31-10-13-4-5-14(20(22,23)24)9-15(13)21(25,26)27/h3-9H,10H2,1-2H3,(H,28,29,30)/b17-8-. The Morgan fingerprint density at radius 2 is 1.78 bits per heavy atom. The Balaban J connectivity index is 1.81. The largest absolute Gasteiger partial charge is 0.489 e. The molecule has 170 valence electrons. The van der Waals surface area contributed by atoms with Crippen LogP contribution in [0.2, 0.25) is 0 Å². The molecule has 0 saturated carbocycles. The van der Waals surface area contributed by atoms with Gasteiger partial charge < -0.3 is 10.1 Å². The van der Waals surface area contributed by atoms with Crippen LogP contribution in [-0.4, -0.2) is 18.1 Å². The lowest BCUT2D eigenvalue weighted by atomic mass is 10.0. The Kier molecular flexibility index (Phi) is 6.59. The zero-order chi connectivity index (χ0) is 23.7. The lowest BCUT2D eigenvalue weighted by molar-refractivity contribution is -0.143. The van der Waals surface area contributed by atoms with Crippen molar-refractivity contribution in [2.75, 3.05) is 7.05 Å². The molecule has 4 nitrogen and oxygen atoms in total. The zero-order valence-corrected chi connectivity index (χ0v) is 17.5. The fourth-order valence-corrected chi connectivity index (χ4v) is 3.73. The van der Waals surface area contributed by atoms with E-state index in [9.17, 15) is 31.1 Å². The molecule has 0 spiro atoms. The molecule has 0 radical (unpaired) electrons. The highest BCUT2D eigenvalue weighted by atomic mass is 32.2. The number of halogens is 6. The van der Waals surface area contributed by atoms with Crippen LogP contribution < -0.4 is 10.1 Å². The number of nitrogens with zero attached hydrogens (tertiary/aromatic N) is 1. The van der Waals surface area contributed by atoms with Crippen molar-refractivity contribution < 1.29 is 35.9 Å². The number of likely N-dealkylation sites (N-methyl/N-ethyl adjacent to an activating group) is 1. The van der Waals surface area contributed by atoms with Crippen molar-refractivity contribution in [2.24, 2.45) is 4.99 Å². The minimum Gasteiger partial charge on any atom is -0.489 e. The monoisotopic (exact) mass is 474 g/mol. The molecule has 0 saturated heterocycles. The van der Waals surface area contributed by atoms with Crippen LogP contribution in [-0.2, 0) is 19.0 Å². The average molecular weight is 474 g/mol. The van der Waals surface area contributed by atoms with Gasteiger partial charge in [-0.05, 0) is 60.2 Å². The first kappa shape index (κ1) is 23.7. The van der Waals surface area contributed by atoms with E-state index in [1.165, 1.54) is 6.07 Å². The van der Waals surface area contributed by atoms with Crippen molar-refractivity contribution in [1.82, 2.24) is 5.32 Å². The number of carbonyl (C=O) groups is 1. The Bertz CT molecular complexity index is 1110. The molecule has 0 fully saturated rings. The van der Waals surface area contributed by atoms with Crippen molar-refractivity contribution in [3.63, 3.8) is 0 Å². The zero-order valence-electron chi connectivity index (χ0n) is 16.7. The number of aliphatic imine (C=N–C) groups is 1. The molecule has 2 aromatic rings. The van der Waals surface area contributed by atoms with Crippen LogP contribution in [0.25, 0.3) is 6.08 Å². The third-order valence-corrected chi connectivity index (χ3v) is 5.29. The van der Waals surface area contributed by atoms with Crippen LogP contribution in [0.4, 0.5) is 31.1 Å². The van der Waals surface area contributed by atoms with Gasteiger partial charge in [-0.2, -0.15) is 31.3 Å². The Morgan fingerprint density at radius 1 is 1.06 bits per heavy atom. The molecule has 0 unspecified atom stereocenters. The number of amidine groups is 1. The molecule has 1 amide bonds. The van der Waals surface area contributed by atoms with E-state index in [0.29, 0.717) is 27.9 Å². The number of nitrogens with one attached hydrogen (secondary N) is 1. The van der Waals surface area contributed by atoms with Crippen molar-refractivity contribution in [3.05, 3.63) is 69.1 Å². The van der Waals surface area contributed by atoms with E-state index in [1.807, 2.05) is 0 Å². The van der Waals surface area contributed by atoms with Crippen molar-refractivity contribution in [1.29, 1.82) is 0 Å². The quantitative estimate of drug-likeness (QED) is 0.519. The second kappa shape index (κ2) is 8.89. The SMILES string of the molecule is CNC1=NC(=O)S/C1=C\c1ccc(OCc2ccc(C(F)(F)F)cc2C(F)(F)F)c(C)c1. The molecule has 1 N–H and O–H groups in total. The number of benzene rings is 2. The third-order valence-electron chi connectivity index (χ3n) is 4.49. The number of hydrogen-bond donors (Lipinski definition) is 1. The molecule has 11 heteroatoms. The fourth-order valence-electron chi connectivity index (χ4n) is 2.96. The molecule has 0 bridgehead atoms. The Hall–Kier alpha value is -2.95. The van der Waals surface area contributed by atoms with Gasteiger partial charge in [-0.25, -0.2) is 0 Å². The molecule has 1 aliphatic heterocycles. The molecule has 0 aromatic heterocycles. The molecule has 0 aliphatic carbocycles. The summed E-state index contributed by atoms with van der Waals surface area (Å²) in [5.74, 6) is 0.706. The summed E-state index contributed by atoms with van der Waals surface area (Å²) >= 11 is 0.955. The van der Waals surface area contributed by atoms with Crippen LogP contribution in [0.3, 0.4) is 0 Å². The summed E-state index contributed by atoms with van der Waals surface area (Å²) in [6, 6.07) is 6.34. The van der Waals surface area contributed by atoms with Gasteiger partial charge >= 0.3 is 17.6 Å². The number of rotatable bonds is 4. The van der Waals surface area contributed by atoms with E-state index in [4.69, 9.17) is 4.74 Å². The molecule has 32 heavy (non-hydrogen) atoms. The average Bonchev–Trinajstić information content (AvgIpc) is 3.05. The predicted molar refractivity (Wildman–Crippen MR) is 109 cm³/mol. The van der Waals surface area contributed by atoms with Gasteiger partial charge in [-0.15, -0.1) is 0 Å². The van der Waals surface area contributed by atoms with E-state index in [-0.39, 0.29) is 17.1 Å². The highest BCUT2D eigenvalue weighted by Gasteiger charge is 2.38. The van der Waals surface area contributed by atoms with Gasteiger partial charge in [0.05, 0.1) is 16.0 Å². The minimum absolute atomic E-state index is 0.0856. The molecular weight excluding hydrogens is 458 g/mol. The first-order chi connectivity index (χ1) is 14.9. The lowest BCUT2D eigenvalue weighted by Gasteiger charge is -2.17. The van der Waals surface area contributed by atoms with E-state index in [0.717, 1.165) is 17.8 Å². The molecule has 2 aromatic carbocycles. The summed E-state index contributed by atoms with van der Waals surface area (Å²) in [5, 5.41) is 2.46. The summed E-state index contributed by atoms with van der Waals surface area (Å²) in [6.07, 6.45) is -8.13. The van der Waals surface area contributed by atoms with Gasteiger partial charge in [0.15, 0.2) is 0 Å². The predicted octanol–water partition coefficient (Wildman–Crippen LogP) is 6.44. The van der Waals surface area contributed by atoms with Crippen LogP contribution in [0.15, 0.2) is 46.3 Å². The third kappa shape index (κ3) is 5.45. The molecule has 1 heterocycles. The van der Waals surface area contributed by atoms with Gasteiger partial charge in [-0.1, -0.05) is 12.1 Å². The van der Waals surface area contributed by atoms with Crippen LogP contribution >= 0.6 is 11.8 Å². The van der Waals surface area contributed by atoms with Crippen LogP contribution in [0, 0.1) is 6.92 Å². The van der Waals surface area contributed by atoms with Crippen LogP contribution in [0.5, 0.6) is 5.75 Å². The van der Waals surface area contributed by atoms with Crippen molar-refractivity contribution >= 4 is 28.9 Å². The maximum Gasteiger partial charge on any atom is 0.416 e. The number of thioether (sulfide) groups is 1. The highest BCUT2D eigenvalue weighted by Crippen LogP contribution is 2.38. The van der Waals surface area contributed by atoms with Crippen molar-refractivity contribution in [2.45, 2.75) is 25.9 Å². The molecular formula is C21H16F6N2O2S. The second-order valence-electron chi connectivity index (χ2n) is 6.77. The second-order valence-corrected chi connectivity index (χ2v) is 7.76. The van der Waals surface area contributed by atoms with Crippen LogP contribution in [0.1, 0.15) is 27.8 Å². The number of carbonyl (C=O) groups excluding carboxylic acids is 1. The molecule has 3 rings (SSSR count). The first-order valence-electron chi connectivity index (χ1n) is 9.09. The summed E-state index contributed by atoms with van der Waals surface area (Å²) in [6.45, 7) is 1.12. The van der Waals surface area contributed by atoms with Gasteiger partial charge in [0.2, 0.25) is 0 Å². The summed E-state index contributed by atoms with van der Waals surface area (Å²) in [5.41, 5.74) is -1.88. The van der Waals surface area contributed by atoms with E-state index in [2.05, 4.69) is 10.3 Å². The Morgan fingerprint density at radius 3 is 2.38 bits per heavy atom.